The molecule has 4 rings (SSSR count). The molecule has 1 aromatic heterocycles. The first-order valence-electron chi connectivity index (χ1n) is 10.1. The molecule has 0 aliphatic carbocycles. The Labute approximate surface area is 199 Å². The van der Waals surface area contributed by atoms with Gasteiger partial charge in [-0.05, 0) is 23.8 Å². The predicted octanol–water partition coefficient (Wildman–Crippen LogP) is 3.90. The molecular weight excluding hydrogens is 460 g/mol. The number of hydrogen-bond donors (Lipinski definition) is 2. The first-order valence-corrected chi connectivity index (χ1v) is 12.0. The SMILES string of the molecule is COc1ccccc1Nc1nc(N)nc(COC(=O)c2ccccc2CSC2=NCCS2)n1. The molecule has 0 bridgehead atoms. The Kier molecular flexibility index (Phi) is 7.63. The van der Waals surface area contributed by atoms with Gasteiger partial charge in [0.1, 0.15) is 10.1 Å². The van der Waals surface area contributed by atoms with Gasteiger partial charge >= 0.3 is 5.97 Å². The van der Waals surface area contributed by atoms with Crippen LogP contribution < -0.4 is 15.8 Å². The van der Waals surface area contributed by atoms with E-state index < -0.39 is 5.97 Å². The van der Waals surface area contributed by atoms with Crippen LogP contribution in [0, 0.1) is 0 Å². The fraction of sp³-hybridized carbons (Fsp3) is 0.227. The van der Waals surface area contributed by atoms with Crippen molar-refractivity contribution in [3.05, 3.63) is 65.5 Å². The van der Waals surface area contributed by atoms with Crippen LogP contribution >= 0.6 is 23.5 Å². The third kappa shape index (κ3) is 6.14. The van der Waals surface area contributed by atoms with Crippen molar-refractivity contribution in [2.75, 3.05) is 30.5 Å². The van der Waals surface area contributed by atoms with Crippen molar-refractivity contribution in [1.29, 1.82) is 0 Å². The molecule has 0 saturated heterocycles. The number of rotatable bonds is 8. The first kappa shape index (κ1) is 22.9. The van der Waals surface area contributed by atoms with Gasteiger partial charge in [0.25, 0.3) is 0 Å². The number of para-hydroxylation sites is 2. The van der Waals surface area contributed by atoms with E-state index in [0.717, 1.165) is 22.2 Å². The highest BCUT2D eigenvalue weighted by molar-refractivity contribution is 8.38. The van der Waals surface area contributed by atoms with Gasteiger partial charge in [0, 0.05) is 11.5 Å². The van der Waals surface area contributed by atoms with Gasteiger partial charge in [-0.25, -0.2) is 4.79 Å². The Bertz CT molecular complexity index is 1170. The van der Waals surface area contributed by atoms with E-state index in [4.69, 9.17) is 15.2 Å². The van der Waals surface area contributed by atoms with Crippen LogP contribution in [0.3, 0.4) is 0 Å². The van der Waals surface area contributed by atoms with Crippen LogP contribution in [0.2, 0.25) is 0 Å². The summed E-state index contributed by atoms with van der Waals surface area (Å²) in [5, 5.41) is 3.05. The number of carbonyl (C=O) groups excluding carboxylic acids is 1. The lowest BCUT2D eigenvalue weighted by molar-refractivity contribution is 0.0461. The second-order valence-corrected chi connectivity index (χ2v) is 9.08. The molecule has 0 atom stereocenters. The number of nitrogens with one attached hydrogen (secondary N) is 1. The van der Waals surface area contributed by atoms with E-state index in [9.17, 15) is 4.79 Å². The highest BCUT2D eigenvalue weighted by atomic mass is 32.2. The minimum Gasteiger partial charge on any atom is -0.495 e. The summed E-state index contributed by atoms with van der Waals surface area (Å²) in [7, 11) is 1.57. The number of ether oxygens (including phenoxy) is 2. The van der Waals surface area contributed by atoms with Gasteiger partial charge in [0.15, 0.2) is 12.4 Å². The predicted molar refractivity (Wildman–Crippen MR) is 132 cm³/mol. The van der Waals surface area contributed by atoms with Crippen LogP contribution in [-0.4, -0.2) is 44.7 Å². The molecule has 0 unspecified atom stereocenters. The number of thioether (sulfide) groups is 2. The summed E-state index contributed by atoms with van der Waals surface area (Å²) in [5.74, 6) is 2.30. The molecule has 170 valence electrons. The average molecular weight is 483 g/mol. The molecule has 33 heavy (non-hydrogen) atoms. The van der Waals surface area contributed by atoms with Gasteiger partial charge in [-0.3, -0.25) is 4.99 Å². The summed E-state index contributed by atoms with van der Waals surface area (Å²) in [4.78, 5) is 29.7. The van der Waals surface area contributed by atoms with E-state index in [1.54, 1.807) is 36.7 Å². The van der Waals surface area contributed by atoms with Crippen LogP contribution in [0.4, 0.5) is 17.6 Å². The van der Waals surface area contributed by atoms with Crippen molar-refractivity contribution in [3.8, 4) is 5.75 Å². The lowest BCUT2D eigenvalue weighted by atomic mass is 10.1. The quantitative estimate of drug-likeness (QED) is 0.457. The average Bonchev–Trinajstić information content (AvgIpc) is 3.35. The van der Waals surface area contributed by atoms with Crippen LogP contribution in [0.15, 0.2) is 53.5 Å². The Balaban J connectivity index is 1.42. The molecule has 0 saturated carbocycles. The zero-order valence-electron chi connectivity index (χ0n) is 17.9. The van der Waals surface area contributed by atoms with Gasteiger partial charge in [0.2, 0.25) is 11.9 Å². The molecule has 11 heteroatoms. The Morgan fingerprint density at radius 3 is 2.79 bits per heavy atom. The second-order valence-electron chi connectivity index (χ2n) is 6.78. The van der Waals surface area contributed by atoms with Crippen molar-refractivity contribution in [2.45, 2.75) is 12.4 Å². The zero-order valence-corrected chi connectivity index (χ0v) is 19.5. The molecule has 9 nitrogen and oxygen atoms in total. The molecule has 3 aromatic rings. The summed E-state index contributed by atoms with van der Waals surface area (Å²) in [5.41, 5.74) is 7.89. The Hall–Kier alpha value is -3.31. The topological polar surface area (TPSA) is 125 Å². The Morgan fingerprint density at radius 1 is 1.15 bits per heavy atom. The molecule has 0 fully saturated rings. The molecule has 3 N–H and O–H groups in total. The molecule has 2 heterocycles. The van der Waals surface area contributed by atoms with Crippen LogP contribution in [0.25, 0.3) is 0 Å². The number of hydrogen-bond acceptors (Lipinski definition) is 11. The maximum absolute atomic E-state index is 12.8. The van der Waals surface area contributed by atoms with Crippen molar-refractivity contribution >= 4 is 51.5 Å². The normalized spacial score (nSPS) is 12.8. The Morgan fingerprint density at radius 2 is 1.97 bits per heavy atom. The summed E-state index contributed by atoms with van der Waals surface area (Å²) in [6, 6.07) is 14.7. The van der Waals surface area contributed by atoms with Crippen LogP contribution in [-0.2, 0) is 17.1 Å². The maximum Gasteiger partial charge on any atom is 0.338 e. The van der Waals surface area contributed by atoms with E-state index in [1.807, 2.05) is 42.5 Å². The zero-order chi connectivity index (χ0) is 23.0. The van der Waals surface area contributed by atoms with Crippen molar-refractivity contribution < 1.29 is 14.3 Å². The number of nitrogens with zero attached hydrogens (tertiary/aromatic N) is 4. The number of carbonyl (C=O) groups is 1. The summed E-state index contributed by atoms with van der Waals surface area (Å²) in [6.07, 6.45) is 0. The van der Waals surface area contributed by atoms with Gasteiger partial charge < -0.3 is 20.5 Å². The minimum atomic E-state index is -0.453. The molecule has 0 amide bonds. The summed E-state index contributed by atoms with van der Waals surface area (Å²) >= 11 is 3.37. The number of anilines is 3. The fourth-order valence-electron chi connectivity index (χ4n) is 3.02. The van der Waals surface area contributed by atoms with Crippen LogP contribution in [0.5, 0.6) is 5.75 Å². The smallest absolute Gasteiger partial charge is 0.338 e. The monoisotopic (exact) mass is 482 g/mol. The lowest BCUT2D eigenvalue weighted by Crippen LogP contribution is -2.12. The van der Waals surface area contributed by atoms with Crippen molar-refractivity contribution in [2.24, 2.45) is 4.99 Å². The third-order valence-corrected chi connectivity index (χ3v) is 6.83. The number of nitrogen functional groups attached to an aromatic ring is 1. The van der Waals surface area contributed by atoms with E-state index >= 15 is 0 Å². The van der Waals surface area contributed by atoms with Gasteiger partial charge in [-0.15, -0.1) is 0 Å². The van der Waals surface area contributed by atoms with Gasteiger partial charge in [-0.2, -0.15) is 15.0 Å². The third-order valence-electron chi connectivity index (χ3n) is 4.53. The van der Waals surface area contributed by atoms with E-state index in [0.29, 0.717) is 22.8 Å². The lowest BCUT2D eigenvalue weighted by Gasteiger charge is -2.11. The standard InChI is InChI=1S/C22H22N6O3S2/c1-30-17-9-5-4-8-16(17)25-21-27-18(26-20(23)28-21)12-31-19(29)15-7-3-2-6-14(15)13-33-22-24-10-11-32-22/h2-9H,10-13H2,1H3,(H3,23,25,26,27,28). The molecule has 2 aromatic carbocycles. The van der Waals surface area contributed by atoms with Crippen molar-refractivity contribution in [3.63, 3.8) is 0 Å². The van der Waals surface area contributed by atoms with Crippen LogP contribution in [0.1, 0.15) is 21.7 Å². The summed E-state index contributed by atoms with van der Waals surface area (Å²) < 4.78 is 11.9. The van der Waals surface area contributed by atoms with Crippen molar-refractivity contribution in [1.82, 2.24) is 15.0 Å². The maximum atomic E-state index is 12.8. The number of aliphatic imine (C=N–C) groups is 1. The first-order chi connectivity index (χ1) is 16.1. The number of methoxy groups -OCH3 is 1. The molecule has 1 aliphatic rings. The number of nitrogens with two attached hydrogens (primary N) is 1. The van der Waals surface area contributed by atoms with E-state index in [1.165, 1.54) is 0 Å². The van der Waals surface area contributed by atoms with E-state index in [-0.39, 0.29) is 24.3 Å². The fourth-order valence-corrected chi connectivity index (χ4v) is 5.04. The largest absolute Gasteiger partial charge is 0.495 e. The van der Waals surface area contributed by atoms with Gasteiger partial charge in [-0.1, -0.05) is 53.9 Å². The molecule has 0 spiro atoms. The second kappa shape index (κ2) is 11.0. The highest BCUT2D eigenvalue weighted by Gasteiger charge is 2.16. The molecule has 0 radical (unpaired) electrons. The number of aromatic nitrogens is 3. The minimum absolute atomic E-state index is 0.0140. The number of benzene rings is 2. The molecular formula is C22H22N6O3S2. The molecule has 1 aliphatic heterocycles. The van der Waals surface area contributed by atoms with Gasteiger partial charge in [0.05, 0.1) is 24.9 Å². The highest BCUT2D eigenvalue weighted by Crippen LogP contribution is 2.27. The summed E-state index contributed by atoms with van der Waals surface area (Å²) in [6.45, 7) is 0.704. The number of esters is 1. The van der Waals surface area contributed by atoms with E-state index in [2.05, 4.69) is 25.3 Å².